The molecule has 1 fully saturated rings. The van der Waals surface area contributed by atoms with Gasteiger partial charge in [0, 0.05) is 18.8 Å². The summed E-state index contributed by atoms with van der Waals surface area (Å²) in [5.74, 6) is 0. The molecule has 0 radical (unpaired) electrons. The largest absolute Gasteiger partial charge is 0.501 e. The van der Waals surface area contributed by atoms with Crippen molar-refractivity contribution >= 4 is 15.5 Å². The number of nitrogens with zero attached hydrogens (tertiary/aromatic N) is 1. The number of anilines is 1. The van der Waals surface area contributed by atoms with Crippen LogP contribution in [0.2, 0.25) is 0 Å². The molecule has 1 saturated heterocycles. The summed E-state index contributed by atoms with van der Waals surface area (Å²) in [6.45, 7) is 2.61. The van der Waals surface area contributed by atoms with E-state index < -0.39 is 25.8 Å². The normalized spacial score (nSPS) is 18.8. The molecule has 1 aliphatic rings. The quantitative estimate of drug-likeness (QED) is 0.927. The Morgan fingerprint density at radius 3 is 2.15 bits per heavy atom. The van der Waals surface area contributed by atoms with E-state index >= 15 is 0 Å². The van der Waals surface area contributed by atoms with Gasteiger partial charge in [-0.2, -0.15) is 13.2 Å². The van der Waals surface area contributed by atoms with Crippen molar-refractivity contribution in [2.75, 3.05) is 18.0 Å². The zero-order valence-electron chi connectivity index (χ0n) is 10.7. The first-order chi connectivity index (χ1) is 9.09. The fourth-order valence-corrected chi connectivity index (χ4v) is 2.80. The number of aliphatic hydroxyl groups is 1. The molecule has 0 bridgehead atoms. The number of halogens is 3. The Morgan fingerprint density at radius 2 is 1.75 bits per heavy atom. The van der Waals surface area contributed by atoms with E-state index in [1.807, 2.05) is 6.92 Å². The minimum Gasteiger partial charge on any atom is -0.386 e. The van der Waals surface area contributed by atoms with Crippen molar-refractivity contribution in [3.63, 3.8) is 0 Å². The van der Waals surface area contributed by atoms with Gasteiger partial charge in [0.1, 0.15) is 0 Å². The summed E-state index contributed by atoms with van der Waals surface area (Å²) in [5, 5.41) is 9.85. The predicted octanol–water partition coefficient (Wildman–Crippen LogP) is 1.94. The Hall–Kier alpha value is -1.28. The van der Waals surface area contributed by atoms with Gasteiger partial charge >= 0.3 is 5.51 Å². The van der Waals surface area contributed by atoms with Gasteiger partial charge in [-0.05, 0) is 30.7 Å². The third-order valence-corrected chi connectivity index (χ3v) is 4.95. The Morgan fingerprint density at radius 1 is 1.25 bits per heavy atom. The van der Waals surface area contributed by atoms with Crippen molar-refractivity contribution in [3.05, 3.63) is 24.3 Å². The monoisotopic (exact) mass is 309 g/mol. The highest BCUT2D eigenvalue weighted by Crippen LogP contribution is 2.33. The predicted molar refractivity (Wildman–Crippen MR) is 67.1 cm³/mol. The molecule has 1 N–H and O–H groups in total. The Bertz CT molecular complexity index is 589. The maximum atomic E-state index is 12.4. The standard InChI is InChI=1S/C12H14F3NO3S/c1-2-11(17)7-16(8-11)9-3-5-10(6-4-9)20(18,19)12(13,14)15/h3-6,17H,2,7-8H2,1H3. The summed E-state index contributed by atoms with van der Waals surface area (Å²) in [6, 6.07) is 4.49. The van der Waals surface area contributed by atoms with Crippen LogP contribution in [-0.2, 0) is 9.84 Å². The molecule has 1 aliphatic heterocycles. The molecule has 112 valence electrons. The molecule has 8 heteroatoms. The van der Waals surface area contributed by atoms with E-state index in [4.69, 9.17) is 0 Å². The minimum atomic E-state index is -5.30. The van der Waals surface area contributed by atoms with Gasteiger partial charge in [-0.15, -0.1) is 0 Å². The van der Waals surface area contributed by atoms with E-state index in [-0.39, 0.29) is 0 Å². The summed E-state index contributed by atoms with van der Waals surface area (Å²) < 4.78 is 59.5. The molecule has 0 atom stereocenters. The molecule has 0 unspecified atom stereocenters. The summed E-state index contributed by atoms with van der Waals surface area (Å²) in [4.78, 5) is 0.994. The molecule has 0 aromatic heterocycles. The van der Waals surface area contributed by atoms with Gasteiger partial charge in [0.05, 0.1) is 10.5 Å². The van der Waals surface area contributed by atoms with Gasteiger partial charge in [-0.25, -0.2) is 8.42 Å². The highest BCUT2D eigenvalue weighted by Gasteiger charge is 2.47. The van der Waals surface area contributed by atoms with Crippen molar-refractivity contribution in [3.8, 4) is 0 Å². The Balaban J connectivity index is 2.17. The molecule has 20 heavy (non-hydrogen) atoms. The van der Waals surface area contributed by atoms with Crippen LogP contribution in [0.4, 0.5) is 18.9 Å². The van der Waals surface area contributed by atoms with Crippen LogP contribution in [-0.4, -0.2) is 37.7 Å². The lowest BCUT2D eigenvalue weighted by atomic mass is 9.91. The summed E-state index contributed by atoms with van der Waals surface area (Å²) in [7, 11) is -5.30. The second-order valence-corrected chi connectivity index (χ2v) is 6.82. The molecule has 0 saturated carbocycles. The topological polar surface area (TPSA) is 57.6 Å². The zero-order valence-corrected chi connectivity index (χ0v) is 11.5. The first-order valence-electron chi connectivity index (χ1n) is 5.98. The van der Waals surface area contributed by atoms with Crippen molar-refractivity contribution < 1.29 is 26.7 Å². The summed E-state index contributed by atoms with van der Waals surface area (Å²) >= 11 is 0. The van der Waals surface area contributed by atoms with Crippen molar-refractivity contribution in [2.24, 2.45) is 0 Å². The molecule has 0 aliphatic carbocycles. The van der Waals surface area contributed by atoms with Crippen molar-refractivity contribution in [1.29, 1.82) is 0 Å². The number of sulfone groups is 1. The van der Waals surface area contributed by atoms with Gasteiger partial charge in [0.2, 0.25) is 0 Å². The Kier molecular flexibility index (Phi) is 3.50. The molecule has 1 aromatic carbocycles. The molecule has 1 aromatic rings. The fraction of sp³-hybridized carbons (Fsp3) is 0.500. The average Bonchev–Trinajstić information content (AvgIpc) is 2.34. The molecular formula is C12H14F3NO3S. The van der Waals surface area contributed by atoms with E-state index in [2.05, 4.69) is 0 Å². The van der Waals surface area contributed by atoms with E-state index in [0.29, 0.717) is 25.2 Å². The van der Waals surface area contributed by atoms with E-state index in [9.17, 15) is 26.7 Å². The Labute approximate surface area is 114 Å². The number of hydrogen-bond acceptors (Lipinski definition) is 4. The van der Waals surface area contributed by atoms with Gasteiger partial charge in [0.15, 0.2) is 0 Å². The summed E-state index contributed by atoms with van der Waals surface area (Å²) in [5.41, 5.74) is -5.48. The van der Waals surface area contributed by atoms with E-state index in [1.165, 1.54) is 12.1 Å². The minimum absolute atomic E-state index is 0.384. The van der Waals surface area contributed by atoms with Gasteiger partial charge in [-0.3, -0.25) is 0 Å². The van der Waals surface area contributed by atoms with Crippen LogP contribution in [0.15, 0.2) is 29.2 Å². The number of alkyl halides is 3. The maximum absolute atomic E-state index is 12.4. The van der Waals surface area contributed by atoms with E-state index in [0.717, 1.165) is 12.1 Å². The first kappa shape index (κ1) is 15.1. The van der Waals surface area contributed by atoms with Crippen LogP contribution >= 0.6 is 0 Å². The fourth-order valence-electron chi connectivity index (χ4n) is 2.04. The number of hydrogen-bond donors (Lipinski definition) is 1. The molecule has 1 heterocycles. The van der Waals surface area contributed by atoms with Crippen LogP contribution in [0.5, 0.6) is 0 Å². The third-order valence-electron chi connectivity index (χ3n) is 3.45. The van der Waals surface area contributed by atoms with Gasteiger partial charge in [-0.1, -0.05) is 6.92 Å². The summed E-state index contributed by atoms with van der Waals surface area (Å²) in [6.07, 6.45) is 0.587. The van der Waals surface area contributed by atoms with Crippen LogP contribution in [0.1, 0.15) is 13.3 Å². The van der Waals surface area contributed by atoms with Crippen molar-refractivity contribution in [1.82, 2.24) is 0 Å². The van der Waals surface area contributed by atoms with Crippen LogP contribution in [0, 0.1) is 0 Å². The third kappa shape index (κ3) is 2.49. The lowest BCUT2D eigenvalue weighted by molar-refractivity contribution is -0.0436. The molecule has 4 nitrogen and oxygen atoms in total. The second-order valence-electron chi connectivity index (χ2n) is 4.88. The van der Waals surface area contributed by atoms with Crippen LogP contribution in [0.3, 0.4) is 0 Å². The molecular weight excluding hydrogens is 295 g/mol. The second kappa shape index (κ2) is 4.63. The van der Waals surface area contributed by atoms with Crippen molar-refractivity contribution in [2.45, 2.75) is 29.3 Å². The number of rotatable bonds is 3. The highest BCUT2D eigenvalue weighted by atomic mass is 32.2. The first-order valence-corrected chi connectivity index (χ1v) is 7.46. The number of benzene rings is 1. The maximum Gasteiger partial charge on any atom is 0.501 e. The molecule has 0 amide bonds. The van der Waals surface area contributed by atoms with E-state index in [1.54, 1.807) is 4.90 Å². The average molecular weight is 309 g/mol. The lowest BCUT2D eigenvalue weighted by Crippen LogP contribution is -2.61. The van der Waals surface area contributed by atoms with Crippen LogP contribution in [0.25, 0.3) is 0 Å². The molecule has 0 spiro atoms. The molecule has 2 rings (SSSR count). The van der Waals surface area contributed by atoms with Gasteiger partial charge < -0.3 is 10.0 Å². The van der Waals surface area contributed by atoms with Gasteiger partial charge in [0.25, 0.3) is 9.84 Å². The zero-order chi connectivity index (χ0) is 15.2. The SMILES string of the molecule is CCC1(O)CN(c2ccc(S(=O)(=O)C(F)(F)F)cc2)C1. The highest BCUT2D eigenvalue weighted by molar-refractivity contribution is 7.92. The van der Waals surface area contributed by atoms with Crippen LogP contribution < -0.4 is 4.90 Å². The smallest absolute Gasteiger partial charge is 0.386 e. The number of β-amino-alcohol motifs (C(OH)–C–C–N with tert-alkyl or cyclic N) is 1. The lowest BCUT2D eigenvalue weighted by Gasteiger charge is -2.47.